The summed E-state index contributed by atoms with van der Waals surface area (Å²) in [6.45, 7) is 9.74. The van der Waals surface area contributed by atoms with Gasteiger partial charge in [0.2, 0.25) is 0 Å². The number of amides is 1. The fourth-order valence-electron chi connectivity index (χ4n) is 1.44. The van der Waals surface area contributed by atoms with Crippen molar-refractivity contribution in [1.29, 1.82) is 0 Å². The zero-order valence-electron chi connectivity index (χ0n) is 11.6. The van der Waals surface area contributed by atoms with Crippen LogP contribution in [0.1, 0.15) is 33.6 Å². The number of aliphatic hydroxyl groups is 1. The van der Waals surface area contributed by atoms with Gasteiger partial charge in [-0.3, -0.25) is 0 Å². The molecule has 0 aromatic rings. The number of hydrogen-bond donors (Lipinski definition) is 1. The van der Waals surface area contributed by atoms with Crippen LogP contribution in [0.25, 0.3) is 0 Å². The van der Waals surface area contributed by atoms with Gasteiger partial charge in [-0.25, -0.2) is 4.79 Å². The molecule has 0 saturated carbocycles. The zero-order valence-corrected chi connectivity index (χ0v) is 11.6. The molecular weight excluding hydrogens is 218 g/mol. The van der Waals surface area contributed by atoms with E-state index in [2.05, 4.69) is 20.4 Å². The number of nitrogens with zero attached hydrogens (tertiary/aromatic N) is 1. The van der Waals surface area contributed by atoms with Crippen molar-refractivity contribution in [2.45, 2.75) is 45.8 Å². The zero-order chi connectivity index (χ0) is 13.6. The first-order valence-corrected chi connectivity index (χ1v) is 5.97. The molecule has 2 atom stereocenters. The molecule has 1 amide bonds. The van der Waals surface area contributed by atoms with Crippen LogP contribution in [-0.2, 0) is 4.74 Å². The number of carbonyl (C=O) groups excluding carboxylic acids is 1. The molecule has 0 spiro atoms. The summed E-state index contributed by atoms with van der Waals surface area (Å²) < 4.78 is 5.16. The minimum atomic E-state index is -0.414. The van der Waals surface area contributed by atoms with Gasteiger partial charge in [0.25, 0.3) is 0 Å². The Balaban J connectivity index is 4.09. The minimum Gasteiger partial charge on any atom is -0.442 e. The van der Waals surface area contributed by atoms with E-state index in [1.54, 1.807) is 21.0 Å². The molecule has 4 nitrogen and oxygen atoms in total. The van der Waals surface area contributed by atoms with E-state index in [0.717, 1.165) is 12.0 Å². The van der Waals surface area contributed by atoms with Gasteiger partial charge in [-0.2, -0.15) is 0 Å². The molecule has 0 unspecified atom stereocenters. The Labute approximate surface area is 104 Å². The Morgan fingerprint density at radius 1 is 1.35 bits per heavy atom. The normalized spacial score (nSPS) is 14.3. The van der Waals surface area contributed by atoms with Crippen molar-refractivity contribution in [3.05, 3.63) is 12.2 Å². The molecule has 4 heteroatoms. The van der Waals surface area contributed by atoms with Crippen LogP contribution < -0.4 is 0 Å². The van der Waals surface area contributed by atoms with Crippen LogP contribution in [0.2, 0.25) is 0 Å². The second-order valence-electron chi connectivity index (χ2n) is 5.07. The molecule has 17 heavy (non-hydrogen) atoms. The average molecular weight is 243 g/mol. The minimum absolute atomic E-state index is 0.369. The maximum Gasteiger partial charge on any atom is 0.409 e. The largest absolute Gasteiger partial charge is 0.442 e. The fraction of sp³-hybridized carbons (Fsp3) is 0.769. The number of rotatable bonds is 6. The van der Waals surface area contributed by atoms with Crippen LogP contribution in [0.3, 0.4) is 0 Å². The van der Waals surface area contributed by atoms with Crippen molar-refractivity contribution < 1.29 is 14.6 Å². The summed E-state index contributed by atoms with van der Waals surface area (Å²) in [6.07, 6.45) is 0.0275. The van der Waals surface area contributed by atoms with Gasteiger partial charge >= 0.3 is 6.09 Å². The first-order chi connectivity index (χ1) is 7.73. The summed E-state index contributed by atoms with van der Waals surface area (Å²) in [6, 6.07) is 0. The predicted octanol–water partition coefficient (Wildman–Crippen LogP) is 2.43. The van der Waals surface area contributed by atoms with E-state index in [1.165, 1.54) is 4.90 Å². The highest BCUT2D eigenvalue weighted by Gasteiger charge is 2.17. The monoisotopic (exact) mass is 243 g/mol. The molecule has 0 saturated heterocycles. The van der Waals surface area contributed by atoms with Gasteiger partial charge in [0.05, 0.1) is 6.10 Å². The molecular formula is C13H25NO3. The van der Waals surface area contributed by atoms with Crippen molar-refractivity contribution in [2.75, 3.05) is 14.1 Å². The molecule has 0 aliphatic carbocycles. The first-order valence-electron chi connectivity index (χ1n) is 5.97. The maximum atomic E-state index is 11.3. The van der Waals surface area contributed by atoms with Gasteiger partial charge < -0.3 is 14.7 Å². The lowest BCUT2D eigenvalue weighted by atomic mass is 9.98. The molecule has 0 heterocycles. The van der Waals surface area contributed by atoms with Crippen LogP contribution >= 0.6 is 0 Å². The quantitative estimate of drug-likeness (QED) is 0.729. The van der Waals surface area contributed by atoms with E-state index in [4.69, 9.17) is 4.74 Å². The molecule has 0 bridgehead atoms. The summed E-state index contributed by atoms with van der Waals surface area (Å²) in [7, 11) is 3.26. The SMILES string of the molecule is C=C(C[C@H](O)CC(C)C)[C@@H](C)OC(=O)N(C)C. The van der Waals surface area contributed by atoms with Crippen molar-refractivity contribution in [3.8, 4) is 0 Å². The van der Waals surface area contributed by atoms with Gasteiger partial charge in [-0.05, 0) is 31.3 Å². The summed E-state index contributed by atoms with van der Waals surface area (Å²) in [5, 5.41) is 9.77. The molecule has 0 aliphatic heterocycles. The molecule has 0 aliphatic rings. The Morgan fingerprint density at radius 3 is 2.29 bits per heavy atom. The average Bonchev–Trinajstić information content (AvgIpc) is 2.15. The smallest absolute Gasteiger partial charge is 0.409 e. The van der Waals surface area contributed by atoms with E-state index in [9.17, 15) is 9.90 Å². The standard InChI is InChI=1S/C13H25NO3/c1-9(2)7-12(15)8-10(3)11(4)17-13(16)14(5)6/h9,11-12,15H,3,7-8H2,1-2,4-6H3/t11-,12-/m1/s1. The lowest BCUT2D eigenvalue weighted by molar-refractivity contribution is 0.0877. The first kappa shape index (κ1) is 16.0. The molecule has 0 radical (unpaired) electrons. The Bertz CT molecular complexity index is 261. The van der Waals surface area contributed by atoms with Crippen molar-refractivity contribution >= 4 is 6.09 Å². The second kappa shape index (κ2) is 7.33. The third-order valence-corrected chi connectivity index (χ3v) is 2.46. The lowest BCUT2D eigenvalue weighted by Crippen LogP contribution is -2.28. The summed E-state index contributed by atoms with van der Waals surface area (Å²) in [5.41, 5.74) is 0.744. The van der Waals surface area contributed by atoms with Gasteiger partial charge in [0, 0.05) is 14.1 Å². The predicted molar refractivity (Wildman–Crippen MR) is 68.8 cm³/mol. The van der Waals surface area contributed by atoms with E-state index >= 15 is 0 Å². The highest BCUT2D eigenvalue weighted by molar-refractivity contribution is 5.67. The van der Waals surface area contributed by atoms with Gasteiger partial charge in [-0.1, -0.05) is 20.4 Å². The molecule has 0 fully saturated rings. The summed E-state index contributed by atoms with van der Waals surface area (Å²) >= 11 is 0. The third kappa shape index (κ3) is 7.00. The van der Waals surface area contributed by atoms with Crippen LogP contribution in [0.5, 0.6) is 0 Å². The van der Waals surface area contributed by atoms with Crippen molar-refractivity contribution in [3.63, 3.8) is 0 Å². The topological polar surface area (TPSA) is 49.8 Å². The van der Waals surface area contributed by atoms with Crippen molar-refractivity contribution in [2.24, 2.45) is 5.92 Å². The highest BCUT2D eigenvalue weighted by Crippen LogP contribution is 2.16. The molecule has 100 valence electrons. The van der Waals surface area contributed by atoms with Gasteiger partial charge in [-0.15, -0.1) is 0 Å². The second-order valence-corrected chi connectivity index (χ2v) is 5.07. The Kier molecular flexibility index (Phi) is 6.88. The van der Waals surface area contributed by atoms with E-state index < -0.39 is 12.2 Å². The fourth-order valence-corrected chi connectivity index (χ4v) is 1.44. The number of ether oxygens (including phenoxy) is 1. The van der Waals surface area contributed by atoms with Gasteiger partial charge in [0.1, 0.15) is 6.10 Å². The van der Waals surface area contributed by atoms with E-state index in [1.807, 2.05) is 0 Å². The van der Waals surface area contributed by atoms with Crippen LogP contribution in [-0.4, -0.2) is 42.4 Å². The lowest BCUT2D eigenvalue weighted by Gasteiger charge is -2.21. The Morgan fingerprint density at radius 2 is 1.88 bits per heavy atom. The molecule has 1 N–H and O–H groups in total. The van der Waals surface area contributed by atoms with Crippen molar-refractivity contribution in [1.82, 2.24) is 4.90 Å². The molecule has 0 aromatic heterocycles. The summed E-state index contributed by atoms with van der Waals surface area (Å²) in [5.74, 6) is 0.442. The van der Waals surface area contributed by atoms with Crippen LogP contribution in [0.4, 0.5) is 4.79 Å². The third-order valence-electron chi connectivity index (χ3n) is 2.46. The van der Waals surface area contributed by atoms with Crippen LogP contribution in [0, 0.1) is 5.92 Å². The molecule has 0 aromatic carbocycles. The van der Waals surface area contributed by atoms with E-state index in [-0.39, 0.29) is 6.10 Å². The van der Waals surface area contributed by atoms with Gasteiger partial charge in [0.15, 0.2) is 0 Å². The Hall–Kier alpha value is -1.03. The highest BCUT2D eigenvalue weighted by atomic mass is 16.6. The van der Waals surface area contributed by atoms with E-state index in [0.29, 0.717) is 12.3 Å². The van der Waals surface area contributed by atoms with Crippen LogP contribution in [0.15, 0.2) is 12.2 Å². The maximum absolute atomic E-state index is 11.3. The molecule has 0 rings (SSSR count). The number of hydrogen-bond acceptors (Lipinski definition) is 3. The number of aliphatic hydroxyl groups excluding tert-OH is 1. The summed E-state index contributed by atoms with van der Waals surface area (Å²) in [4.78, 5) is 12.7. The number of carbonyl (C=O) groups is 1.